The molecule has 1 aliphatic rings. The van der Waals surface area contributed by atoms with Gasteiger partial charge in [-0.3, -0.25) is 4.79 Å². The van der Waals surface area contributed by atoms with Crippen LogP contribution in [0.25, 0.3) is 11.0 Å². The van der Waals surface area contributed by atoms with Crippen molar-refractivity contribution in [3.8, 4) is 0 Å². The van der Waals surface area contributed by atoms with Crippen molar-refractivity contribution < 1.29 is 17.6 Å². The summed E-state index contributed by atoms with van der Waals surface area (Å²) in [5.74, 6) is 0.0110. The number of carbonyl (C=O) groups is 1. The molecule has 0 bridgehead atoms. The Hall–Kier alpha value is -2.64. The molecule has 7 heteroatoms. The second-order valence-electron chi connectivity index (χ2n) is 6.99. The summed E-state index contributed by atoms with van der Waals surface area (Å²) >= 11 is 0. The van der Waals surface area contributed by atoms with E-state index in [2.05, 4.69) is 5.32 Å². The van der Waals surface area contributed by atoms with E-state index in [4.69, 9.17) is 4.42 Å². The van der Waals surface area contributed by atoms with Gasteiger partial charge in [0.15, 0.2) is 5.76 Å². The number of benzene rings is 2. The van der Waals surface area contributed by atoms with Crippen LogP contribution in [0.4, 0.5) is 0 Å². The zero-order valence-corrected chi connectivity index (χ0v) is 16.5. The lowest BCUT2D eigenvalue weighted by Crippen LogP contribution is -2.28. The number of nitrogens with one attached hydrogen (secondary N) is 1. The van der Waals surface area contributed by atoms with Crippen LogP contribution in [0.15, 0.2) is 57.8 Å². The lowest BCUT2D eigenvalue weighted by molar-refractivity contribution is 0.0924. The van der Waals surface area contributed by atoms with Gasteiger partial charge in [0, 0.05) is 30.6 Å². The summed E-state index contributed by atoms with van der Waals surface area (Å²) in [5, 5.41) is 3.76. The van der Waals surface area contributed by atoms with Gasteiger partial charge in [-0.15, -0.1) is 0 Å². The molecule has 1 N–H and O–H groups in total. The topological polar surface area (TPSA) is 79.6 Å². The van der Waals surface area contributed by atoms with Gasteiger partial charge in [0.05, 0.1) is 4.90 Å². The van der Waals surface area contributed by atoms with Crippen molar-refractivity contribution in [2.45, 2.75) is 31.2 Å². The number of carbonyl (C=O) groups excluding carboxylic acids is 1. The average Bonchev–Trinajstić information content (AvgIpc) is 3.36. The van der Waals surface area contributed by atoms with Gasteiger partial charge >= 0.3 is 0 Å². The lowest BCUT2D eigenvalue weighted by Gasteiger charge is -2.15. The van der Waals surface area contributed by atoms with E-state index in [1.165, 1.54) is 4.31 Å². The summed E-state index contributed by atoms with van der Waals surface area (Å²) in [7, 11) is -3.42. The van der Waals surface area contributed by atoms with Gasteiger partial charge in [0.1, 0.15) is 5.58 Å². The van der Waals surface area contributed by atoms with E-state index < -0.39 is 10.0 Å². The smallest absolute Gasteiger partial charge is 0.287 e. The van der Waals surface area contributed by atoms with Crippen LogP contribution in [0.3, 0.4) is 0 Å². The molecule has 0 unspecified atom stereocenters. The van der Waals surface area contributed by atoms with Crippen molar-refractivity contribution in [3.63, 3.8) is 0 Å². The van der Waals surface area contributed by atoms with Gasteiger partial charge in [-0.1, -0.05) is 30.3 Å². The summed E-state index contributed by atoms with van der Waals surface area (Å²) in [4.78, 5) is 12.8. The molecule has 0 aliphatic carbocycles. The zero-order chi connectivity index (χ0) is 19.7. The molecule has 2 heterocycles. The third-order valence-electron chi connectivity index (χ3n) is 5.13. The maximum Gasteiger partial charge on any atom is 0.287 e. The fraction of sp³-hybridized carbons (Fsp3) is 0.286. The Morgan fingerprint density at radius 1 is 1.07 bits per heavy atom. The minimum absolute atomic E-state index is 0.289. The lowest BCUT2D eigenvalue weighted by atomic mass is 10.1. The van der Waals surface area contributed by atoms with Crippen LogP contribution in [0.1, 0.15) is 34.5 Å². The SMILES string of the molecule is Cc1c(C(=O)NCc2ccc(S(=O)(=O)N3CCCC3)cc2)oc2ccccc12. The van der Waals surface area contributed by atoms with Crippen molar-refractivity contribution in [2.75, 3.05) is 13.1 Å². The molecular formula is C21H22N2O4S. The summed E-state index contributed by atoms with van der Waals surface area (Å²) in [6, 6.07) is 14.2. The van der Waals surface area contributed by atoms with Crippen molar-refractivity contribution in [3.05, 3.63) is 65.4 Å². The van der Waals surface area contributed by atoms with Crippen LogP contribution in [0.5, 0.6) is 0 Å². The second-order valence-corrected chi connectivity index (χ2v) is 8.93. The van der Waals surface area contributed by atoms with E-state index in [1.54, 1.807) is 24.3 Å². The molecule has 1 aromatic heterocycles. The van der Waals surface area contributed by atoms with Crippen molar-refractivity contribution in [1.29, 1.82) is 0 Å². The molecule has 2 aromatic carbocycles. The van der Waals surface area contributed by atoms with E-state index in [1.807, 2.05) is 31.2 Å². The molecule has 0 saturated carbocycles. The molecule has 28 heavy (non-hydrogen) atoms. The molecule has 4 rings (SSSR count). The van der Waals surface area contributed by atoms with Crippen LogP contribution >= 0.6 is 0 Å². The third-order valence-corrected chi connectivity index (χ3v) is 7.04. The minimum Gasteiger partial charge on any atom is -0.451 e. The molecule has 0 atom stereocenters. The van der Waals surface area contributed by atoms with Gasteiger partial charge in [0.25, 0.3) is 5.91 Å². The van der Waals surface area contributed by atoms with Gasteiger partial charge in [0.2, 0.25) is 10.0 Å². The van der Waals surface area contributed by atoms with E-state index in [9.17, 15) is 13.2 Å². The van der Waals surface area contributed by atoms with E-state index in [0.29, 0.717) is 31.0 Å². The number of furan rings is 1. The Kier molecular flexibility index (Phi) is 4.95. The Balaban J connectivity index is 1.44. The largest absolute Gasteiger partial charge is 0.451 e. The number of nitrogens with zero attached hydrogens (tertiary/aromatic N) is 1. The van der Waals surface area contributed by atoms with Crippen molar-refractivity contribution in [2.24, 2.45) is 0 Å². The fourth-order valence-corrected chi connectivity index (χ4v) is 5.03. The highest BCUT2D eigenvalue weighted by molar-refractivity contribution is 7.89. The number of rotatable bonds is 5. The second kappa shape index (κ2) is 7.41. The standard InChI is InChI=1S/C21H22N2O4S/c1-15-18-6-2-3-7-19(18)27-20(15)21(24)22-14-16-8-10-17(11-9-16)28(25,26)23-12-4-5-13-23/h2-3,6-11H,4-5,12-14H2,1H3,(H,22,24). The molecule has 3 aromatic rings. The highest BCUT2D eigenvalue weighted by atomic mass is 32.2. The Labute approximate surface area is 164 Å². The Morgan fingerprint density at radius 3 is 2.43 bits per heavy atom. The number of amides is 1. The van der Waals surface area contributed by atoms with Gasteiger partial charge in [-0.25, -0.2) is 8.42 Å². The van der Waals surface area contributed by atoms with Crippen LogP contribution in [-0.2, 0) is 16.6 Å². The number of para-hydroxylation sites is 1. The van der Waals surface area contributed by atoms with Crippen LogP contribution in [-0.4, -0.2) is 31.7 Å². The van der Waals surface area contributed by atoms with Crippen LogP contribution in [0, 0.1) is 6.92 Å². The molecule has 1 aliphatic heterocycles. The third kappa shape index (κ3) is 3.43. The predicted molar refractivity (Wildman–Crippen MR) is 107 cm³/mol. The van der Waals surface area contributed by atoms with Crippen molar-refractivity contribution >= 4 is 26.9 Å². The first-order valence-electron chi connectivity index (χ1n) is 9.32. The van der Waals surface area contributed by atoms with Gasteiger partial charge < -0.3 is 9.73 Å². The summed E-state index contributed by atoms with van der Waals surface area (Å²) in [6.45, 7) is 3.31. The number of fused-ring (bicyclic) bond motifs is 1. The highest BCUT2D eigenvalue weighted by Gasteiger charge is 2.27. The summed E-state index contributed by atoms with van der Waals surface area (Å²) in [6.07, 6.45) is 1.81. The Bertz CT molecular complexity index is 1110. The molecule has 146 valence electrons. The molecule has 0 spiro atoms. The van der Waals surface area contributed by atoms with Crippen LogP contribution < -0.4 is 5.32 Å². The number of aryl methyl sites for hydroxylation is 1. The van der Waals surface area contributed by atoms with E-state index in [0.717, 1.165) is 29.4 Å². The summed E-state index contributed by atoms with van der Waals surface area (Å²) in [5.41, 5.74) is 2.31. The highest BCUT2D eigenvalue weighted by Crippen LogP contribution is 2.25. The van der Waals surface area contributed by atoms with E-state index >= 15 is 0 Å². The number of hydrogen-bond acceptors (Lipinski definition) is 4. The van der Waals surface area contributed by atoms with Gasteiger partial charge in [-0.2, -0.15) is 4.31 Å². The van der Waals surface area contributed by atoms with E-state index in [-0.39, 0.29) is 10.8 Å². The minimum atomic E-state index is -3.42. The first-order valence-corrected chi connectivity index (χ1v) is 10.8. The molecular weight excluding hydrogens is 376 g/mol. The quantitative estimate of drug-likeness (QED) is 0.714. The fourth-order valence-electron chi connectivity index (χ4n) is 3.51. The number of sulfonamides is 1. The molecule has 1 saturated heterocycles. The molecule has 0 radical (unpaired) electrons. The maximum absolute atomic E-state index is 12.6. The van der Waals surface area contributed by atoms with Crippen molar-refractivity contribution in [1.82, 2.24) is 9.62 Å². The molecule has 1 fully saturated rings. The first-order chi connectivity index (χ1) is 13.5. The summed E-state index contributed by atoms with van der Waals surface area (Å²) < 4.78 is 32.3. The van der Waals surface area contributed by atoms with Crippen LogP contribution in [0.2, 0.25) is 0 Å². The molecule has 6 nitrogen and oxygen atoms in total. The van der Waals surface area contributed by atoms with Gasteiger partial charge in [-0.05, 0) is 43.5 Å². The normalized spacial score (nSPS) is 15.2. The predicted octanol–water partition coefficient (Wildman–Crippen LogP) is 3.46. The number of hydrogen-bond donors (Lipinski definition) is 1. The molecule has 1 amide bonds. The monoisotopic (exact) mass is 398 g/mol. The zero-order valence-electron chi connectivity index (χ0n) is 15.6. The maximum atomic E-state index is 12.6. The Morgan fingerprint density at radius 2 is 1.75 bits per heavy atom. The average molecular weight is 398 g/mol. The first kappa shape index (κ1) is 18.7.